The van der Waals surface area contributed by atoms with E-state index in [1.54, 1.807) is 6.20 Å². The van der Waals surface area contributed by atoms with Crippen LogP contribution >= 0.6 is 11.6 Å². The number of hydrogen-bond donors (Lipinski definition) is 0. The second-order valence-corrected chi connectivity index (χ2v) is 3.81. The van der Waals surface area contributed by atoms with Gasteiger partial charge < -0.3 is 30.3 Å². The van der Waals surface area contributed by atoms with Gasteiger partial charge in [-0.05, 0) is 6.07 Å². The van der Waals surface area contributed by atoms with Crippen LogP contribution < -0.4 is 0 Å². The fraction of sp³-hybridized carbons (Fsp3) is 0. The Balaban J connectivity index is 0.000000230. The van der Waals surface area contributed by atoms with Crippen molar-refractivity contribution in [2.75, 3.05) is 0 Å². The van der Waals surface area contributed by atoms with Gasteiger partial charge in [-0.25, -0.2) is 11.1 Å². The van der Waals surface area contributed by atoms with Crippen molar-refractivity contribution < 1.29 is 17.1 Å². The van der Waals surface area contributed by atoms with Gasteiger partial charge in [0.05, 0.1) is 0 Å². The van der Waals surface area contributed by atoms with Crippen LogP contribution in [0.1, 0.15) is 0 Å². The molecule has 0 bridgehead atoms. The molecule has 0 saturated heterocycles. The van der Waals surface area contributed by atoms with Crippen molar-refractivity contribution in [3.05, 3.63) is 72.1 Å². The van der Waals surface area contributed by atoms with Gasteiger partial charge in [0, 0.05) is 29.0 Å². The molecule has 0 aliphatic carbocycles. The first-order valence-corrected chi connectivity index (χ1v) is 5.59. The van der Waals surface area contributed by atoms with Crippen molar-refractivity contribution in [1.29, 1.82) is 0 Å². The van der Waals surface area contributed by atoms with Gasteiger partial charge in [-0.3, -0.25) is 4.98 Å². The summed E-state index contributed by atoms with van der Waals surface area (Å²) in [6, 6.07) is 17.5. The average molecular weight is 299 g/mol. The molecular weight excluding hydrogens is 287 g/mol. The van der Waals surface area contributed by atoms with Crippen LogP contribution in [-0.2, 0) is 17.1 Å². The molecule has 0 spiro atoms. The number of aromatic nitrogens is 2. The van der Waals surface area contributed by atoms with E-state index in [4.69, 9.17) is 11.6 Å². The first-order valence-electron chi connectivity index (χ1n) is 5.21. The van der Waals surface area contributed by atoms with Gasteiger partial charge in [-0.15, -0.1) is 0 Å². The van der Waals surface area contributed by atoms with Gasteiger partial charge in [0.25, 0.3) is 0 Å². The maximum Gasteiger partial charge on any atom is 0.114 e. The van der Waals surface area contributed by atoms with Crippen molar-refractivity contribution in [3.63, 3.8) is 0 Å². The average Bonchev–Trinajstić information content (AvgIpc) is 3.04. The van der Waals surface area contributed by atoms with Gasteiger partial charge in [-0.2, -0.15) is 29.3 Å². The van der Waals surface area contributed by atoms with E-state index in [0.717, 1.165) is 16.3 Å². The zero-order chi connectivity index (χ0) is 11.9. The first kappa shape index (κ1) is 14.6. The Kier molecular flexibility index (Phi) is 6.37. The van der Waals surface area contributed by atoms with Crippen molar-refractivity contribution in [3.8, 4) is 11.3 Å². The molecule has 0 amide bonds. The molecule has 2 nitrogen and oxygen atoms in total. The predicted octanol–water partition coefficient (Wildman–Crippen LogP) is 3.92. The summed E-state index contributed by atoms with van der Waals surface area (Å²) in [6.45, 7) is 0. The number of nitrogens with zero attached hydrogens (tertiary/aromatic N) is 2. The third-order valence-corrected chi connectivity index (χ3v) is 2.38. The van der Waals surface area contributed by atoms with Crippen LogP contribution in [0, 0.1) is 0 Å². The Morgan fingerprint density at radius 1 is 1.06 bits per heavy atom. The SMILES string of the molecule is Cl[c-]1ccc(-c2ccncn2)c1.[Fe].[cH-]1[cH-][cH-][cH-][cH-]1. The summed E-state index contributed by atoms with van der Waals surface area (Å²) in [6.07, 6.45) is 3.24. The minimum absolute atomic E-state index is 0. The third-order valence-electron chi connectivity index (χ3n) is 2.15. The van der Waals surface area contributed by atoms with Gasteiger partial charge in [0.2, 0.25) is 0 Å². The molecule has 0 radical (unpaired) electrons. The summed E-state index contributed by atoms with van der Waals surface area (Å²) in [4.78, 5) is 7.93. The topological polar surface area (TPSA) is 25.8 Å². The molecule has 1 aromatic heterocycles. The summed E-state index contributed by atoms with van der Waals surface area (Å²) < 4.78 is 0. The van der Waals surface area contributed by atoms with E-state index in [-0.39, 0.29) is 17.1 Å². The largest absolute Gasteiger partial charge is 0.748 e. The molecule has 0 unspecified atom stereocenters. The summed E-state index contributed by atoms with van der Waals surface area (Å²) in [5.74, 6) is 0. The Labute approximate surface area is 122 Å². The van der Waals surface area contributed by atoms with Crippen LogP contribution in [0.4, 0.5) is 0 Å². The fourth-order valence-electron chi connectivity index (χ4n) is 1.36. The predicted molar refractivity (Wildman–Crippen MR) is 70.1 cm³/mol. The normalized spacial score (nSPS) is 8.94. The zero-order valence-electron chi connectivity index (χ0n) is 9.48. The standard InChI is InChI=1S/C9H6ClN2.C5H5.Fe/c10-8-2-1-7(5-8)9-3-4-11-6-12-9;1-2-4-5-3-1;/h1-6H;1-5H;/q-1;-5;. The van der Waals surface area contributed by atoms with Gasteiger partial charge in [0.15, 0.2) is 0 Å². The number of halogens is 1. The summed E-state index contributed by atoms with van der Waals surface area (Å²) in [7, 11) is 0. The van der Waals surface area contributed by atoms with Crippen molar-refractivity contribution >= 4 is 11.6 Å². The fourth-order valence-corrected chi connectivity index (χ4v) is 1.54. The third kappa shape index (κ3) is 4.46. The number of hydrogen-bond acceptors (Lipinski definition) is 2. The zero-order valence-corrected chi connectivity index (χ0v) is 11.3. The maximum atomic E-state index is 5.77. The summed E-state index contributed by atoms with van der Waals surface area (Å²) in [5, 5.41) is 0.739. The Morgan fingerprint density at radius 2 is 1.72 bits per heavy atom. The Morgan fingerprint density at radius 3 is 2.17 bits per heavy atom. The van der Waals surface area contributed by atoms with Crippen molar-refractivity contribution in [2.24, 2.45) is 0 Å². The molecule has 2 aromatic carbocycles. The second-order valence-electron chi connectivity index (χ2n) is 3.37. The molecule has 0 atom stereocenters. The van der Waals surface area contributed by atoms with E-state index in [1.807, 2.05) is 54.6 Å². The molecule has 4 heteroatoms. The van der Waals surface area contributed by atoms with E-state index >= 15 is 0 Å². The summed E-state index contributed by atoms with van der Waals surface area (Å²) >= 11 is 5.77. The monoisotopic (exact) mass is 298 g/mol. The molecule has 0 fully saturated rings. The Hall–Kier alpha value is -1.41. The molecule has 0 aliphatic rings. The molecule has 18 heavy (non-hydrogen) atoms. The molecular formula is C14H11ClFeN2-6. The second kappa shape index (κ2) is 7.83. The van der Waals surface area contributed by atoms with Crippen LogP contribution in [0.5, 0.6) is 0 Å². The minimum Gasteiger partial charge on any atom is -0.748 e. The van der Waals surface area contributed by atoms with E-state index in [1.165, 1.54) is 6.33 Å². The molecule has 0 N–H and O–H groups in total. The smallest absolute Gasteiger partial charge is 0.114 e. The molecule has 0 aliphatic heterocycles. The van der Waals surface area contributed by atoms with Gasteiger partial charge in [-0.1, -0.05) is 5.02 Å². The molecule has 0 saturated carbocycles. The van der Waals surface area contributed by atoms with Crippen molar-refractivity contribution in [1.82, 2.24) is 9.97 Å². The van der Waals surface area contributed by atoms with Crippen LogP contribution in [0.15, 0.2) is 67.1 Å². The van der Waals surface area contributed by atoms with Gasteiger partial charge >= 0.3 is 0 Å². The Bertz CT molecular complexity index is 515. The quantitative estimate of drug-likeness (QED) is 0.503. The minimum atomic E-state index is 0. The van der Waals surface area contributed by atoms with Gasteiger partial charge in [0.1, 0.15) is 6.33 Å². The van der Waals surface area contributed by atoms with Crippen LogP contribution in [0.25, 0.3) is 11.3 Å². The van der Waals surface area contributed by atoms with Crippen molar-refractivity contribution in [2.45, 2.75) is 0 Å². The van der Waals surface area contributed by atoms with E-state index in [0.29, 0.717) is 0 Å². The van der Waals surface area contributed by atoms with Crippen LogP contribution in [0.2, 0.25) is 5.02 Å². The first-order chi connectivity index (χ1) is 8.36. The van der Waals surface area contributed by atoms with E-state index in [9.17, 15) is 0 Å². The number of rotatable bonds is 1. The van der Waals surface area contributed by atoms with E-state index in [2.05, 4.69) is 9.97 Å². The molecule has 98 valence electrons. The maximum absolute atomic E-state index is 5.77. The molecule has 1 heterocycles. The van der Waals surface area contributed by atoms with E-state index < -0.39 is 0 Å². The molecule has 3 aromatic rings. The molecule has 3 rings (SSSR count). The summed E-state index contributed by atoms with van der Waals surface area (Å²) in [5.41, 5.74) is 1.93. The van der Waals surface area contributed by atoms with Crippen LogP contribution in [0.3, 0.4) is 0 Å². The van der Waals surface area contributed by atoms with Crippen LogP contribution in [-0.4, -0.2) is 9.97 Å².